The van der Waals surface area contributed by atoms with E-state index in [2.05, 4.69) is 38.8 Å². The number of hydrogen-bond acceptors (Lipinski definition) is 4. The summed E-state index contributed by atoms with van der Waals surface area (Å²) < 4.78 is 9.87. The van der Waals surface area contributed by atoms with Gasteiger partial charge in [-0.25, -0.2) is 0 Å². The van der Waals surface area contributed by atoms with Crippen molar-refractivity contribution < 1.29 is 19.1 Å². The molecule has 27 heavy (non-hydrogen) atoms. The number of carbonyl (C=O) groups is 2. The SMILES string of the molecule is C=C/C(C#C[Si](CC)(CC)CC)=C1\CC(C(=O)OC)(C(=O)OC)C\C1=C/C. The van der Waals surface area contributed by atoms with Crippen LogP contribution in [0.1, 0.15) is 40.5 Å². The fraction of sp³-hybridized carbons (Fsp3) is 0.545. The van der Waals surface area contributed by atoms with Crippen LogP contribution in [0.2, 0.25) is 18.1 Å². The smallest absolute Gasteiger partial charge is 0.323 e. The highest BCUT2D eigenvalue weighted by Crippen LogP contribution is 2.48. The van der Waals surface area contributed by atoms with Crippen LogP contribution in [0.3, 0.4) is 0 Å². The van der Waals surface area contributed by atoms with Crippen molar-refractivity contribution in [3.63, 3.8) is 0 Å². The predicted octanol–water partition coefficient (Wildman–Crippen LogP) is 4.59. The van der Waals surface area contributed by atoms with Gasteiger partial charge in [0.1, 0.15) is 8.07 Å². The van der Waals surface area contributed by atoms with E-state index in [9.17, 15) is 9.59 Å². The van der Waals surface area contributed by atoms with Crippen molar-refractivity contribution in [3.05, 3.63) is 35.5 Å². The Kier molecular flexibility index (Phi) is 8.30. The van der Waals surface area contributed by atoms with Gasteiger partial charge in [0.05, 0.1) is 14.2 Å². The van der Waals surface area contributed by atoms with Gasteiger partial charge in [0.15, 0.2) is 5.41 Å². The number of ether oxygens (including phenoxy) is 2. The van der Waals surface area contributed by atoms with Gasteiger partial charge < -0.3 is 9.47 Å². The van der Waals surface area contributed by atoms with E-state index in [1.54, 1.807) is 6.08 Å². The summed E-state index contributed by atoms with van der Waals surface area (Å²) in [5, 5.41) is 0. The normalized spacial score (nSPS) is 19.1. The quantitative estimate of drug-likeness (QED) is 0.289. The number of methoxy groups -OCH3 is 2. The molecule has 0 N–H and O–H groups in total. The monoisotopic (exact) mass is 388 g/mol. The van der Waals surface area contributed by atoms with Crippen LogP contribution in [-0.2, 0) is 19.1 Å². The Hall–Kier alpha value is -2.06. The Morgan fingerprint density at radius 3 is 2.00 bits per heavy atom. The molecule has 0 aromatic heterocycles. The molecule has 1 aliphatic rings. The summed E-state index contributed by atoms with van der Waals surface area (Å²) in [5.41, 5.74) is 4.84. The van der Waals surface area contributed by atoms with Crippen molar-refractivity contribution in [2.75, 3.05) is 14.2 Å². The van der Waals surface area contributed by atoms with Crippen molar-refractivity contribution in [1.82, 2.24) is 0 Å². The molecule has 0 aromatic carbocycles. The molecular weight excluding hydrogens is 356 g/mol. The number of allylic oxidation sites excluding steroid dienone is 5. The number of esters is 2. The fourth-order valence-electron chi connectivity index (χ4n) is 3.68. The largest absolute Gasteiger partial charge is 0.468 e. The minimum atomic E-state index is -1.62. The van der Waals surface area contributed by atoms with Crippen molar-refractivity contribution in [2.45, 2.75) is 58.7 Å². The zero-order valence-corrected chi connectivity index (χ0v) is 18.5. The first kappa shape index (κ1) is 23.0. The van der Waals surface area contributed by atoms with Gasteiger partial charge in [-0.2, -0.15) is 0 Å². The molecule has 148 valence electrons. The molecule has 0 spiro atoms. The summed E-state index contributed by atoms with van der Waals surface area (Å²) in [6.07, 6.45) is 4.14. The van der Waals surface area contributed by atoms with Gasteiger partial charge in [0.25, 0.3) is 0 Å². The van der Waals surface area contributed by atoms with Crippen molar-refractivity contribution in [1.29, 1.82) is 0 Å². The van der Waals surface area contributed by atoms with Crippen LogP contribution in [0.15, 0.2) is 35.5 Å². The van der Waals surface area contributed by atoms with Gasteiger partial charge in [-0.3, -0.25) is 9.59 Å². The van der Waals surface area contributed by atoms with E-state index >= 15 is 0 Å². The summed E-state index contributed by atoms with van der Waals surface area (Å²) in [6.45, 7) is 12.5. The van der Waals surface area contributed by atoms with Crippen LogP contribution in [0, 0.1) is 16.9 Å². The zero-order valence-electron chi connectivity index (χ0n) is 17.5. The van der Waals surface area contributed by atoms with E-state index < -0.39 is 25.4 Å². The van der Waals surface area contributed by atoms with Crippen LogP contribution >= 0.6 is 0 Å². The Morgan fingerprint density at radius 2 is 1.63 bits per heavy atom. The Morgan fingerprint density at radius 1 is 1.11 bits per heavy atom. The van der Waals surface area contributed by atoms with Crippen molar-refractivity contribution >= 4 is 20.0 Å². The summed E-state index contributed by atoms with van der Waals surface area (Å²) >= 11 is 0. The maximum Gasteiger partial charge on any atom is 0.323 e. The van der Waals surface area contributed by atoms with Crippen molar-refractivity contribution in [2.24, 2.45) is 5.41 Å². The minimum Gasteiger partial charge on any atom is -0.468 e. The van der Waals surface area contributed by atoms with E-state index in [1.165, 1.54) is 14.2 Å². The van der Waals surface area contributed by atoms with Gasteiger partial charge in [-0.15, -0.1) is 5.54 Å². The third-order valence-electron chi connectivity index (χ3n) is 5.88. The maximum absolute atomic E-state index is 12.5. The van der Waals surface area contributed by atoms with E-state index in [0.29, 0.717) is 0 Å². The first-order valence-corrected chi connectivity index (χ1v) is 12.2. The molecular formula is C22H32O4Si. The van der Waals surface area contributed by atoms with E-state index in [4.69, 9.17) is 9.47 Å². The van der Waals surface area contributed by atoms with Crippen LogP contribution in [0.5, 0.6) is 0 Å². The predicted molar refractivity (Wildman–Crippen MR) is 112 cm³/mol. The molecule has 1 rings (SSSR count). The Bertz CT molecular complexity index is 690. The lowest BCUT2D eigenvalue weighted by atomic mass is 9.85. The van der Waals surface area contributed by atoms with Gasteiger partial charge >= 0.3 is 11.9 Å². The second-order valence-corrected chi connectivity index (χ2v) is 11.9. The lowest BCUT2D eigenvalue weighted by Gasteiger charge is -2.22. The molecule has 0 saturated heterocycles. The third-order valence-corrected chi connectivity index (χ3v) is 10.6. The average molecular weight is 389 g/mol. The summed E-state index contributed by atoms with van der Waals surface area (Å²) in [4.78, 5) is 25.0. The molecule has 0 aliphatic heterocycles. The van der Waals surface area contributed by atoms with Gasteiger partial charge in [-0.05, 0) is 42.6 Å². The molecule has 0 aromatic rings. The van der Waals surface area contributed by atoms with Gasteiger partial charge in [0.2, 0.25) is 0 Å². The van der Waals surface area contributed by atoms with Gasteiger partial charge in [-0.1, -0.05) is 45.4 Å². The second-order valence-electron chi connectivity index (χ2n) is 6.92. The fourth-order valence-corrected chi connectivity index (χ4v) is 6.11. The molecule has 5 heteroatoms. The Labute approximate surface area is 164 Å². The number of carbonyl (C=O) groups excluding carboxylic acids is 2. The van der Waals surface area contributed by atoms with E-state index in [1.807, 2.05) is 13.0 Å². The number of rotatable bonds is 6. The number of hydrogen-bond donors (Lipinski definition) is 0. The minimum absolute atomic E-state index is 0.223. The molecule has 0 unspecified atom stereocenters. The topological polar surface area (TPSA) is 52.6 Å². The van der Waals surface area contributed by atoms with Crippen LogP contribution in [0.4, 0.5) is 0 Å². The lowest BCUT2D eigenvalue weighted by Crippen LogP contribution is -2.38. The highest BCUT2D eigenvalue weighted by Gasteiger charge is 2.54. The van der Waals surface area contributed by atoms with Crippen LogP contribution < -0.4 is 0 Å². The molecule has 0 atom stereocenters. The summed E-state index contributed by atoms with van der Waals surface area (Å²) in [7, 11) is 0.969. The molecule has 4 nitrogen and oxygen atoms in total. The van der Waals surface area contributed by atoms with E-state index in [0.717, 1.165) is 34.9 Å². The molecule has 1 aliphatic carbocycles. The highest BCUT2D eigenvalue weighted by atomic mass is 28.3. The third kappa shape index (κ3) is 4.44. The zero-order chi connectivity index (χ0) is 20.7. The first-order valence-electron chi connectivity index (χ1n) is 9.54. The Balaban J connectivity index is 3.55. The lowest BCUT2D eigenvalue weighted by molar-refractivity contribution is -0.168. The van der Waals surface area contributed by atoms with Crippen LogP contribution in [-0.4, -0.2) is 34.2 Å². The molecule has 1 fully saturated rings. The summed E-state index contributed by atoms with van der Waals surface area (Å²) in [6, 6.07) is 3.33. The highest BCUT2D eigenvalue weighted by molar-refractivity contribution is 6.87. The second kappa shape index (κ2) is 9.75. The summed E-state index contributed by atoms with van der Waals surface area (Å²) in [5.74, 6) is 2.21. The average Bonchev–Trinajstić information content (AvgIpc) is 3.11. The molecule has 0 amide bonds. The molecule has 0 bridgehead atoms. The van der Waals surface area contributed by atoms with Crippen LogP contribution in [0.25, 0.3) is 0 Å². The standard InChI is InChI=1S/C22H32O4Si/c1-8-17(13-14-27(10-3,11-4)12-5)19-16-22(20(23)25-6,21(24)26-7)15-18(19)9-2/h8-9H,1,10-12,15-16H2,2-7H3/b18-9+,19-17-. The van der Waals surface area contributed by atoms with E-state index in [-0.39, 0.29) is 12.8 Å². The first-order chi connectivity index (χ1) is 12.8. The maximum atomic E-state index is 12.5. The molecule has 0 heterocycles. The molecule has 0 radical (unpaired) electrons. The van der Waals surface area contributed by atoms with Gasteiger partial charge in [0, 0.05) is 12.0 Å². The molecule has 1 saturated carbocycles. The van der Waals surface area contributed by atoms with Crippen molar-refractivity contribution in [3.8, 4) is 11.5 Å².